The maximum atomic E-state index is 12.1. The quantitative estimate of drug-likeness (QED) is 0.780. The van der Waals surface area contributed by atoms with Crippen LogP contribution in [-0.4, -0.2) is 54.2 Å². The molecule has 0 aromatic carbocycles. The number of nitrogens with one attached hydrogen (secondary N) is 1. The Balaban J connectivity index is 2.46. The Kier molecular flexibility index (Phi) is 5.35. The van der Waals surface area contributed by atoms with E-state index in [1.54, 1.807) is 18.7 Å². The zero-order valence-corrected chi connectivity index (χ0v) is 12.1. The molecule has 1 rings (SSSR count). The number of alkyl carbamates (subject to hydrolysis) is 1. The van der Waals surface area contributed by atoms with Gasteiger partial charge in [-0.15, -0.1) is 0 Å². The van der Waals surface area contributed by atoms with Crippen molar-refractivity contribution in [2.75, 3.05) is 20.2 Å². The smallest absolute Gasteiger partial charge is 0.407 e. The summed E-state index contributed by atoms with van der Waals surface area (Å²) >= 11 is 0. The molecule has 1 unspecified atom stereocenters. The molecule has 0 saturated carbocycles. The Hall–Kier alpha value is -1.79. The molecule has 0 aliphatic carbocycles. The van der Waals surface area contributed by atoms with Crippen molar-refractivity contribution in [3.8, 4) is 0 Å². The normalized spacial score (nSPS) is 18.8. The minimum Gasteiger partial charge on any atom is -0.481 e. The van der Waals surface area contributed by atoms with Gasteiger partial charge in [0.25, 0.3) is 0 Å². The van der Waals surface area contributed by atoms with Crippen LogP contribution in [0.2, 0.25) is 0 Å². The fourth-order valence-corrected chi connectivity index (χ4v) is 2.32. The lowest BCUT2D eigenvalue weighted by atomic mass is 9.85. The second-order valence-electron chi connectivity index (χ2n) is 5.87. The van der Waals surface area contributed by atoms with Crippen molar-refractivity contribution >= 4 is 18.0 Å². The number of carbonyl (C=O) groups excluding carboxylic acids is 2. The van der Waals surface area contributed by atoms with Gasteiger partial charge in [-0.05, 0) is 11.8 Å². The fraction of sp³-hybridized carbons (Fsp3) is 0.769. The lowest BCUT2D eigenvalue weighted by molar-refractivity contribution is -0.140. The van der Waals surface area contributed by atoms with Gasteiger partial charge in [-0.2, -0.15) is 0 Å². The van der Waals surface area contributed by atoms with E-state index in [0.717, 1.165) is 0 Å². The maximum Gasteiger partial charge on any atom is 0.407 e. The first kappa shape index (κ1) is 16.3. The number of amides is 2. The van der Waals surface area contributed by atoms with Gasteiger partial charge >= 0.3 is 12.1 Å². The van der Waals surface area contributed by atoms with Crippen LogP contribution < -0.4 is 5.32 Å². The summed E-state index contributed by atoms with van der Waals surface area (Å²) in [5.74, 6) is -0.986. The third-order valence-electron chi connectivity index (χ3n) is 3.31. The first-order valence-electron chi connectivity index (χ1n) is 6.57. The molecule has 0 spiro atoms. The van der Waals surface area contributed by atoms with Crippen LogP contribution in [0.1, 0.15) is 33.1 Å². The van der Waals surface area contributed by atoms with Gasteiger partial charge in [0, 0.05) is 19.5 Å². The number of methoxy groups -OCH3 is 1. The molecule has 1 heterocycles. The van der Waals surface area contributed by atoms with Gasteiger partial charge in [0.05, 0.1) is 19.6 Å². The van der Waals surface area contributed by atoms with Gasteiger partial charge in [-0.25, -0.2) is 4.79 Å². The van der Waals surface area contributed by atoms with Gasteiger partial charge in [0.1, 0.15) is 0 Å². The van der Waals surface area contributed by atoms with E-state index >= 15 is 0 Å². The molecular weight excluding hydrogens is 264 g/mol. The Morgan fingerprint density at radius 2 is 2.00 bits per heavy atom. The van der Waals surface area contributed by atoms with Crippen LogP contribution in [0.5, 0.6) is 0 Å². The second kappa shape index (κ2) is 6.58. The number of carbonyl (C=O) groups is 3. The van der Waals surface area contributed by atoms with Crippen LogP contribution in [0.3, 0.4) is 0 Å². The van der Waals surface area contributed by atoms with Crippen LogP contribution in [0.4, 0.5) is 4.79 Å². The van der Waals surface area contributed by atoms with Gasteiger partial charge in [0.15, 0.2) is 0 Å². The minimum atomic E-state index is -0.908. The molecule has 1 saturated heterocycles. The molecule has 0 aromatic heterocycles. The molecule has 1 atom stereocenters. The summed E-state index contributed by atoms with van der Waals surface area (Å²) in [6.07, 6.45) is 0.316. The number of rotatable bonds is 5. The summed E-state index contributed by atoms with van der Waals surface area (Å²) in [6.45, 7) is 4.53. The lowest BCUT2D eigenvalue weighted by Gasteiger charge is -2.25. The van der Waals surface area contributed by atoms with Crippen molar-refractivity contribution < 1.29 is 24.2 Å². The van der Waals surface area contributed by atoms with Gasteiger partial charge in [0.2, 0.25) is 5.91 Å². The molecule has 114 valence electrons. The van der Waals surface area contributed by atoms with Crippen molar-refractivity contribution in [1.29, 1.82) is 0 Å². The number of nitrogens with zero attached hydrogens (tertiary/aromatic N) is 1. The average molecular weight is 286 g/mol. The first-order chi connectivity index (χ1) is 9.23. The minimum absolute atomic E-state index is 0.0452. The number of carboxylic acids is 1. The predicted molar refractivity (Wildman–Crippen MR) is 71.2 cm³/mol. The van der Waals surface area contributed by atoms with E-state index in [1.165, 1.54) is 7.11 Å². The molecule has 7 heteroatoms. The highest BCUT2D eigenvalue weighted by atomic mass is 16.5. The van der Waals surface area contributed by atoms with Crippen molar-refractivity contribution in [3.05, 3.63) is 0 Å². The Morgan fingerprint density at radius 1 is 1.35 bits per heavy atom. The van der Waals surface area contributed by atoms with Crippen LogP contribution in [-0.2, 0) is 14.3 Å². The summed E-state index contributed by atoms with van der Waals surface area (Å²) in [5, 5.41) is 11.5. The number of hydrogen-bond donors (Lipinski definition) is 2. The predicted octanol–water partition coefficient (Wildman–Crippen LogP) is 0.834. The van der Waals surface area contributed by atoms with Crippen LogP contribution >= 0.6 is 0 Å². The van der Waals surface area contributed by atoms with Gasteiger partial charge in [-0.3, -0.25) is 9.59 Å². The third-order valence-corrected chi connectivity index (χ3v) is 3.31. The zero-order chi connectivity index (χ0) is 15.3. The standard InChI is InChI=1S/C13H22N2O5/c1-13(2,7-11(17)18)6-10(16)15-5-4-9(8-15)14-12(19)20-3/h9H,4-8H2,1-3H3,(H,14,19)(H,17,18). The number of carboxylic acid groups (broad SMARTS) is 1. The van der Waals surface area contributed by atoms with Crippen molar-refractivity contribution in [1.82, 2.24) is 10.2 Å². The SMILES string of the molecule is COC(=O)NC1CCN(C(=O)CC(C)(C)CC(=O)O)C1. The first-order valence-corrected chi connectivity index (χ1v) is 6.57. The van der Waals surface area contributed by atoms with E-state index in [1.807, 2.05) is 0 Å². The van der Waals surface area contributed by atoms with Crippen LogP contribution in [0.25, 0.3) is 0 Å². The zero-order valence-electron chi connectivity index (χ0n) is 12.1. The highest BCUT2D eigenvalue weighted by Crippen LogP contribution is 2.26. The van der Waals surface area contributed by atoms with E-state index in [9.17, 15) is 14.4 Å². The number of hydrogen-bond acceptors (Lipinski definition) is 4. The van der Waals surface area contributed by atoms with E-state index in [2.05, 4.69) is 10.1 Å². The summed E-state index contributed by atoms with van der Waals surface area (Å²) in [7, 11) is 1.29. The molecule has 1 aliphatic rings. The summed E-state index contributed by atoms with van der Waals surface area (Å²) in [5.41, 5.74) is -0.573. The molecule has 0 bridgehead atoms. The van der Waals surface area contributed by atoms with Crippen molar-refractivity contribution in [3.63, 3.8) is 0 Å². The van der Waals surface area contributed by atoms with E-state index in [-0.39, 0.29) is 24.8 Å². The molecule has 2 amide bonds. The number of aliphatic carboxylic acids is 1. The van der Waals surface area contributed by atoms with E-state index < -0.39 is 17.5 Å². The summed E-state index contributed by atoms with van der Waals surface area (Å²) in [6, 6.07) is -0.103. The molecule has 0 aromatic rings. The summed E-state index contributed by atoms with van der Waals surface area (Å²) in [4.78, 5) is 35.6. The second-order valence-corrected chi connectivity index (χ2v) is 5.87. The maximum absolute atomic E-state index is 12.1. The van der Waals surface area contributed by atoms with E-state index in [0.29, 0.717) is 19.5 Å². The van der Waals surface area contributed by atoms with Crippen LogP contribution in [0, 0.1) is 5.41 Å². The highest BCUT2D eigenvalue weighted by molar-refractivity contribution is 5.78. The van der Waals surface area contributed by atoms with Crippen molar-refractivity contribution in [2.45, 2.75) is 39.2 Å². The number of ether oxygens (including phenoxy) is 1. The highest BCUT2D eigenvalue weighted by Gasteiger charge is 2.32. The molecule has 0 radical (unpaired) electrons. The summed E-state index contributed by atoms with van der Waals surface area (Å²) < 4.78 is 4.51. The molecule has 2 N–H and O–H groups in total. The molecule has 1 aliphatic heterocycles. The Bertz CT molecular complexity index is 394. The molecule has 1 fully saturated rings. The largest absolute Gasteiger partial charge is 0.481 e. The van der Waals surface area contributed by atoms with E-state index in [4.69, 9.17) is 5.11 Å². The fourth-order valence-electron chi connectivity index (χ4n) is 2.32. The lowest BCUT2D eigenvalue weighted by Crippen LogP contribution is -2.39. The Morgan fingerprint density at radius 3 is 2.55 bits per heavy atom. The van der Waals surface area contributed by atoms with Gasteiger partial charge in [-0.1, -0.05) is 13.8 Å². The van der Waals surface area contributed by atoms with Crippen molar-refractivity contribution in [2.24, 2.45) is 5.41 Å². The van der Waals surface area contributed by atoms with Gasteiger partial charge < -0.3 is 20.1 Å². The number of likely N-dealkylation sites (tertiary alicyclic amines) is 1. The average Bonchev–Trinajstić information content (AvgIpc) is 2.74. The molecule has 20 heavy (non-hydrogen) atoms. The molecular formula is C13H22N2O5. The third kappa shape index (κ3) is 5.07. The van der Waals surface area contributed by atoms with Crippen LogP contribution in [0.15, 0.2) is 0 Å². The Labute approximate surface area is 118 Å². The molecule has 7 nitrogen and oxygen atoms in total. The monoisotopic (exact) mass is 286 g/mol. The topological polar surface area (TPSA) is 95.9 Å².